The van der Waals surface area contributed by atoms with Crippen molar-refractivity contribution in [3.05, 3.63) is 79.3 Å². The van der Waals surface area contributed by atoms with Gasteiger partial charge in [0, 0.05) is 28.9 Å². The minimum atomic E-state index is -0.814. The molecule has 0 bridgehead atoms. The Morgan fingerprint density at radius 2 is 1.72 bits per heavy atom. The van der Waals surface area contributed by atoms with Crippen LogP contribution in [0.4, 0.5) is 17.3 Å². The highest BCUT2D eigenvalue weighted by Gasteiger charge is 2.26. The van der Waals surface area contributed by atoms with Crippen LogP contribution in [0.5, 0.6) is 0 Å². The number of aromatic nitrogens is 3. The van der Waals surface area contributed by atoms with E-state index in [1.807, 2.05) is 36.1 Å². The largest absolute Gasteiger partial charge is 0.333 e. The summed E-state index contributed by atoms with van der Waals surface area (Å²) in [6, 6.07) is 14.9. The van der Waals surface area contributed by atoms with E-state index in [-0.39, 0.29) is 6.54 Å². The SMILES string of the molecule is Cc1ccc(N2CCn3c2nn(CC(=O)Nc2ccc(Br)cc2)c(=O)c3=O)cc1. The molecule has 4 rings (SSSR count). The first-order valence-corrected chi connectivity index (χ1v) is 9.83. The number of nitrogens with zero attached hydrogens (tertiary/aromatic N) is 4. The molecule has 2 aromatic carbocycles. The topological polar surface area (TPSA) is 89.2 Å². The van der Waals surface area contributed by atoms with Crippen LogP contribution in [0.3, 0.4) is 0 Å². The first-order chi connectivity index (χ1) is 13.9. The number of halogens is 1. The molecule has 3 aromatic rings. The normalized spacial score (nSPS) is 12.7. The van der Waals surface area contributed by atoms with Crippen molar-refractivity contribution in [2.24, 2.45) is 0 Å². The van der Waals surface area contributed by atoms with Gasteiger partial charge in [-0.3, -0.25) is 19.0 Å². The Morgan fingerprint density at radius 1 is 1.03 bits per heavy atom. The molecule has 1 aromatic heterocycles. The molecule has 1 aliphatic heterocycles. The third kappa shape index (κ3) is 3.86. The monoisotopic (exact) mass is 455 g/mol. The third-order valence-electron chi connectivity index (χ3n) is 4.67. The zero-order chi connectivity index (χ0) is 20.5. The van der Waals surface area contributed by atoms with Gasteiger partial charge in [0.25, 0.3) is 0 Å². The smallest absolute Gasteiger partial charge is 0.324 e. The Morgan fingerprint density at radius 3 is 2.41 bits per heavy atom. The average molecular weight is 456 g/mol. The minimum absolute atomic E-state index is 0.348. The molecule has 148 valence electrons. The van der Waals surface area contributed by atoms with E-state index >= 15 is 0 Å². The van der Waals surface area contributed by atoms with Crippen LogP contribution in [0.2, 0.25) is 0 Å². The zero-order valence-corrected chi connectivity index (χ0v) is 17.2. The van der Waals surface area contributed by atoms with Gasteiger partial charge in [-0.25, -0.2) is 4.68 Å². The molecule has 1 amide bonds. The molecule has 29 heavy (non-hydrogen) atoms. The first-order valence-electron chi connectivity index (χ1n) is 9.04. The second kappa shape index (κ2) is 7.67. The number of anilines is 3. The quantitative estimate of drug-likeness (QED) is 0.609. The second-order valence-electron chi connectivity index (χ2n) is 6.76. The average Bonchev–Trinajstić information content (AvgIpc) is 3.12. The number of hydrogen-bond donors (Lipinski definition) is 1. The Kier molecular flexibility index (Phi) is 5.06. The Hall–Kier alpha value is -3.20. The van der Waals surface area contributed by atoms with Crippen LogP contribution in [0, 0.1) is 6.92 Å². The maximum absolute atomic E-state index is 12.5. The van der Waals surface area contributed by atoms with Crippen LogP contribution in [0.25, 0.3) is 0 Å². The summed E-state index contributed by atoms with van der Waals surface area (Å²) < 4.78 is 3.16. The van der Waals surface area contributed by atoms with Crippen LogP contribution in [-0.2, 0) is 17.9 Å². The van der Waals surface area contributed by atoms with E-state index in [2.05, 4.69) is 26.3 Å². The molecule has 2 heterocycles. The Labute approximate surface area is 174 Å². The molecule has 0 saturated carbocycles. The molecule has 0 unspecified atom stereocenters. The van der Waals surface area contributed by atoms with Gasteiger partial charge in [0.15, 0.2) is 0 Å². The summed E-state index contributed by atoms with van der Waals surface area (Å²) in [6.45, 7) is 2.54. The van der Waals surface area contributed by atoms with E-state index in [9.17, 15) is 14.4 Å². The summed E-state index contributed by atoms with van der Waals surface area (Å²) in [5.41, 5.74) is 1.09. The lowest BCUT2D eigenvalue weighted by molar-refractivity contribution is -0.117. The van der Waals surface area contributed by atoms with Crippen molar-refractivity contribution in [1.29, 1.82) is 0 Å². The van der Waals surface area contributed by atoms with Gasteiger partial charge in [0.05, 0.1) is 0 Å². The maximum Gasteiger partial charge on any atom is 0.333 e. The molecular formula is C20H18BrN5O3. The fourth-order valence-electron chi connectivity index (χ4n) is 3.17. The lowest BCUT2D eigenvalue weighted by Gasteiger charge is -2.18. The highest BCUT2D eigenvalue weighted by molar-refractivity contribution is 9.10. The van der Waals surface area contributed by atoms with Crippen LogP contribution >= 0.6 is 15.9 Å². The Balaban J connectivity index is 1.62. The number of carbonyl (C=O) groups excluding carboxylic acids is 1. The van der Waals surface area contributed by atoms with E-state index in [1.165, 1.54) is 4.57 Å². The molecule has 1 N–H and O–H groups in total. The Bertz CT molecular complexity index is 1180. The van der Waals surface area contributed by atoms with Gasteiger partial charge in [-0.1, -0.05) is 33.6 Å². The summed E-state index contributed by atoms with van der Waals surface area (Å²) in [7, 11) is 0. The highest BCUT2D eigenvalue weighted by atomic mass is 79.9. The van der Waals surface area contributed by atoms with Gasteiger partial charge in [-0.15, -0.1) is 5.10 Å². The van der Waals surface area contributed by atoms with Gasteiger partial charge in [-0.2, -0.15) is 0 Å². The maximum atomic E-state index is 12.5. The number of benzene rings is 2. The number of rotatable bonds is 4. The number of carbonyl (C=O) groups is 1. The molecule has 0 radical (unpaired) electrons. The molecule has 0 atom stereocenters. The van der Waals surface area contributed by atoms with Crippen LogP contribution < -0.4 is 21.3 Å². The van der Waals surface area contributed by atoms with Gasteiger partial charge < -0.3 is 10.2 Å². The molecule has 0 spiro atoms. The van der Waals surface area contributed by atoms with E-state index in [0.717, 1.165) is 20.4 Å². The van der Waals surface area contributed by atoms with E-state index < -0.39 is 17.0 Å². The van der Waals surface area contributed by atoms with Crippen molar-refractivity contribution in [2.75, 3.05) is 16.8 Å². The molecule has 9 heteroatoms. The molecule has 1 aliphatic rings. The molecule has 0 aliphatic carbocycles. The standard InChI is InChI=1S/C20H18BrN5O3/c1-13-2-8-16(9-3-13)24-10-11-25-18(28)19(29)26(23-20(24)25)12-17(27)22-15-6-4-14(21)5-7-15/h2-9H,10-12H2,1H3,(H,22,27). The van der Waals surface area contributed by atoms with Crippen molar-refractivity contribution in [3.8, 4) is 0 Å². The number of nitrogens with one attached hydrogen (secondary N) is 1. The van der Waals surface area contributed by atoms with Crippen molar-refractivity contribution in [1.82, 2.24) is 14.3 Å². The summed E-state index contributed by atoms with van der Waals surface area (Å²) in [5.74, 6) is -0.0824. The fraction of sp³-hybridized carbons (Fsp3) is 0.200. The van der Waals surface area contributed by atoms with Crippen LogP contribution in [-0.4, -0.2) is 26.8 Å². The van der Waals surface area contributed by atoms with Crippen molar-refractivity contribution >= 4 is 39.2 Å². The van der Waals surface area contributed by atoms with Crippen molar-refractivity contribution in [3.63, 3.8) is 0 Å². The fourth-order valence-corrected chi connectivity index (χ4v) is 3.44. The van der Waals surface area contributed by atoms with Crippen molar-refractivity contribution in [2.45, 2.75) is 20.0 Å². The van der Waals surface area contributed by atoms with E-state index in [1.54, 1.807) is 24.3 Å². The lowest BCUT2D eigenvalue weighted by atomic mass is 10.2. The highest BCUT2D eigenvalue weighted by Crippen LogP contribution is 2.26. The third-order valence-corrected chi connectivity index (χ3v) is 5.20. The van der Waals surface area contributed by atoms with E-state index in [4.69, 9.17) is 0 Å². The summed E-state index contributed by atoms with van der Waals surface area (Å²) in [5, 5.41) is 7.01. The lowest BCUT2D eigenvalue weighted by Crippen LogP contribution is -2.44. The molecule has 8 nitrogen and oxygen atoms in total. The summed E-state index contributed by atoms with van der Waals surface area (Å²) in [6.07, 6.45) is 0. The predicted octanol–water partition coefficient (Wildman–Crippen LogP) is 2.27. The van der Waals surface area contributed by atoms with Crippen molar-refractivity contribution < 1.29 is 4.79 Å². The first kappa shape index (κ1) is 19.1. The number of hydrogen-bond acceptors (Lipinski definition) is 5. The van der Waals surface area contributed by atoms with Gasteiger partial charge >= 0.3 is 11.1 Å². The molecule has 0 fully saturated rings. The number of amides is 1. The predicted molar refractivity (Wildman–Crippen MR) is 114 cm³/mol. The van der Waals surface area contributed by atoms with Gasteiger partial charge in [-0.05, 0) is 43.3 Å². The number of fused-ring (bicyclic) bond motifs is 1. The molecular weight excluding hydrogens is 438 g/mol. The van der Waals surface area contributed by atoms with Crippen LogP contribution in [0.1, 0.15) is 5.56 Å². The zero-order valence-electron chi connectivity index (χ0n) is 15.6. The summed E-state index contributed by atoms with van der Waals surface area (Å²) in [4.78, 5) is 39.2. The minimum Gasteiger partial charge on any atom is -0.324 e. The van der Waals surface area contributed by atoms with E-state index in [0.29, 0.717) is 24.7 Å². The second-order valence-corrected chi connectivity index (χ2v) is 7.68. The summed E-state index contributed by atoms with van der Waals surface area (Å²) >= 11 is 3.33. The molecule has 0 saturated heterocycles. The number of aryl methyl sites for hydroxylation is 1. The van der Waals surface area contributed by atoms with Gasteiger partial charge in [0.2, 0.25) is 11.9 Å². The van der Waals surface area contributed by atoms with Gasteiger partial charge in [0.1, 0.15) is 6.54 Å². The van der Waals surface area contributed by atoms with Crippen LogP contribution in [0.15, 0.2) is 62.6 Å².